The van der Waals surface area contributed by atoms with E-state index in [1.54, 1.807) is 0 Å². The monoisotopic (exact) mass is 941 g/mol. The molecule has 0 fully saturated rings. The lowest BCUT2D eigenvalue weighted by molar-refractivity contribution is -0.424. The van der Waals surface area contributed by atoms with Crippen LogP contribution in [0.25, 0.3) is 0 Å². The summed E-state index contributed by atoms with van der Waals surface area (Å²) in [5.74, 6) is -63.7. The minimum Gasteiger partial charge on any atom is -0.464 e. The number of hydrogen-bond acceptors (Lipinski definition) is 6. The average molecular weight is 942 g/mol. The smallest absolute Gasteiger partial charge is 0.460 e. The van der Waals surface area contributed by atoms with E-state index in [2.05, 4.69) is 11.7 Å². The summed E-state index contributed by atoms with van der Waals surface area (Å²) in [6, 6.07) is 1.81. The minimum atomic E-state index is -8.28. The Morgan fingerprint density at radius 1 is 0.586 bits per heavy atom. The van der Waals surface area contributed by atoms with Crippen LogP contribution in [0.3, 0.4) is 0 Å². The largest absolute Gasteiger partial charge is 0.464 e. The zero-order chi connectivity index (χ0) is 46.1. The van der Waals surface area contributed by atoms with Crippen LogP contribution < -0.4 is 0 Å². The average Bonchev–Trinajstić information content (AvgIpc) is 3.05. The fraction of sp³-hybridized carbons (Fsp3) is 0.909. The topological polar surface area (TPSA) is 50.1 Å². The Labute approximate surface area is 336 Å². The van der Waals surface area contributed by atoms with Gasteiger partial charge < -0.3 is 4.74 Å². The van der Waals surface area contributed by atoms with Gasteiger partial charge in [-0.15, -0.1) is 11.8 Å². The molecular formula is C33H42F19NO2S3. The van der Waals surface area contributed by atoms with Crippen molar-refractivity contribution < 1.29 is 92.9 Å². The summed E-state index contributed by atoms with van der Waals surface area (Å²) >= 11 is 6.89. The number of nitriles is 1. The lowest BCUT2D eigenvalue weighted by Crippen LogP contribution is -2.69. The first-order chi connectivity index (χ1) is 25.8. The highest BCUT2D eigenvalue weighted by Gasteiger charge is 2.89. The molecule has 0 aliphatic heterocycles. The highest BCUT2D eigenvalue weighted by molar-refractivity contribution is 8.47. The molecule has 58 heavy (non-hydrogen) atoms. The molecule has 0 saturated heterocycles. The lowest BCUT2D eigenvalue weighted by Gasteiger charge is -2.41. The Balaban J connectivity index is 5.91. The maximum atomic E-state index is 14.5. The molecule has 0 N–H and O–H groups in total. The Morgan fingerprint density at radius 3 is 1.40 bits per heavy atom. The zero-order valence-electron chi connectivity index (χ0n) is 31.3. The van der Waals surface area contributed by atoms with Gasteiger partial charge in [-0.1, -0.05) is 88.7 Å². The number of unbranched alkanes of at least 4 members (excludes halogenated alkanes) is 9. The summed E-state index contributed by atoms with van der Waals surface area (Å²) < 4.78 is 262. The highest BCUT2D eigenvalue weighted by atomic mass is 32.2. The van der Waals surface area contributed by atoms with Crippen molar-refractivity contribution in [3.63, 3.8) is 0 Å². The molecule has 0 aromatic rings. The number of rotatable bonds is 26. The predicted molar refractivity (Wildman–Crippen MR) is 183 cm³/mol. The van der Waals surface area contributed by atoms with E-state index in [4.69, 9.17) is 12.2 Å². The van der Waals surface area contributed by atoms with Crippen LogP contribution >= 0.6 is 35.7 Å². The second-order valence-corrected chi connectivity index (χ2v) is 18.1. The van der Waals surface area contributed by atoms with Crippen LogP contribution in [-0.2, 0) is 9.53 Å². The van der Waals surface area contributed by atoms with Gasteiger partial charge in [0.25, 0.3) is 0 Å². The van der Waals surface area contributed by atoms with Crippen LogP contribution in [0.15, 0.2) is 0 Å². The molecule has 0 aromatic heterocycles. The third kappa shape index (κ3) is 13.5. The minimum absolute atomic E-state index is 0.0502. The van der Waals surface area contributed by atoms with E-state index < -0.39 is 95.6 Å². The highest BCUT2D eigenvalue weighted by Crippen LogP contribution is 2.62. The number of ether oxygens (including phenoxy) is 1. The molecule has 0 radical (unpaired) electrons. The van der Waals surface area contributed by atoms with Crippen molar-refractivity contribution in [2.45, 2.75) is 169 Å². The van der Waals surface area contributed by atoms with Crippen LogP contribution in [0, 0.1) is 16.7 Å². The van der Waals surface area contributed by atoms with Gasteiger partial charge >= 0.3 is 59.5 Å². The normalized spacial score (nSPS) is 15.6. The molecule has 342 valence electrons. The number of alkyl halides is 19. The van der Waals surface area contributed by atoms with Crippen molar-refractivity contribution in [3.05, 3.63) is 0 Å². The summed E-state index contributed by atoms with van der Waals surface area (Å²) in [6.07, 6.45) is -6.01. The van der Waals surface area contributed by atoms with Crippen LogP contribution in [0.5, 0.6) is 0 Å². The van der Waals surface area contributed by atoms with Crippen LogP contribution in [0.2, 0.25) is 0 Å². The molecule has 3 nitrogen and oxygen atoms in total. The third-order valence-electron chi connectivity index (χ3n) is 8.55. The van der Waals surface area contributed by atoms with Gasteiger partial charge in [0.05, 0.1) is 30.9 Å². The van der Waals surface area contributed by atoms with Gasteiger partial charge in [-0.2, -0.15) is 88.7 Å². The van der Waals surface area contributed by atoms with Gasteiger partial charge in [0.2, 0.25) is 0 Å². The van der Waals surface area contributed by atoms with Crippen molar-refractivity contribution in [3.8, 4) is 6.07 Å². The molecule has 0 aliphatic rings. The summed E-state index contributed by atoms with van der Waals surface area (Å²) in [7, 11) is 0. The Bertz CT molecular complexity index is 1380. The molecule has 0 bridgehead atoms. The Hall–Kier alpha value is -1.58. The number of nitrogens with zero attached hydrogens (tertiary/aromatic N) is 1. The number of carbonyl (C=O) groups is 1. The first kappa shape index (κ1) is 56.4. The number of hydrogen-bond donors (Lipinski definition) is 0. The SMILES string of the molecule is CCCCCCCCCCCCSC(=S)SC(C)(CC(C)(C)C#N)C(=O)OCCC(F)(F)C(F)(F)C(F)(F)C(F)(F)C(F)(F)CC(F)(F)C(F)(F)C(F)(F)C(F)(F)F. The van der Waals surface area contributed by atoms with Gasteiger partial charge in [-0.25, -0.2) is 0 Å². The van der Waals surface area contributed by atoms with E-state index in [1.807, 2.05) is 6.07 Å². The van der Waals surface area contributed by atoms with Gasteiger partial charge in [0.15, 0.2) is 0 Å². The molecule has 25 heteroatoms. The second kappa shape index (κ2) is 20.5. The second-order valence-electron chi connectivity index (χ2n) is 14.3. The van der Waals surface area contributed by atoms with Crippen molar-refractivity contribution in [2.75, 3.05) is 12.4 Å². The predicted octanol–water partition coefficient (Wildman–Crippen LogP) is 14.3. The molecule has 0 amide bonds. The lowest BCUT2D eigenvalue weighted by atomic mass is 9.84. The molecule has 0 aromatic carbocycles. The fourth-order valence-corrected chi connectivity index (χ4v) is 8.44. The van der Waals surface area contributed by atoms with Crippen LogP contribution in [0.4, 0.5) is 83.4 Å². The van der Waals surface area contributed by atoms with E-state index in [0.717, 1.165) is 70.1 Å². The van der Waals surface area contributed by atoms with E-state index in [-0.39, 0.29) is 3.53 Å². The molecule has 0 rings (SSSR count). The van der Waals surface area contributed by atoms with Gasteiger partial charge in [-0.05, 0) is 39.4 Å². The molecule has 0 heterocycles. The van der Waals surface area contributed by atoms with Crippen molar-refractivity contribution in [1.82, 2.24) is 0 Å². The van der Waals surface area contributed by atoms with E-state index >= 15 is 0 Å². The Kier molecular flexibility index (Phi) is 20.0. The quantitative estimate of drug-likeness (QED) is 0.0373. The van der Waals surface area contributed by atoms with Crippen molar-refractivity contribution in [2.24, 2.45) is 5.41 Å². The van der Waals surface area contributed by atoms with Gasteiger partial charge in [0.1, 0.15) is 8.28 Å². The summed E-state index contributed by atoms with van der Waals surface area (Å²) in [5, 5.41) is 9.46. The standard InChI is InChI=1S/C33H42F19NO2S3/c1-5-6-7-8-9-10-11-12-13-14-17-57-22(56)58-24(4,18-23(2,3)20-53)21(54)55-16-15-25(34,35)28(40,41)31(46,47)29(42,43)26(36,37)19-27(38,39)30(44,45)32(48,49)33(50,51)52/h5-19H2,1-4H3. The van der Waals surface area contributed by atoms with E-state index in [9.17, 15) is 93.5 Å². The number of carbonyl (C=O) groups excluding carboxylic acids is 1. The first-order valence-corrected chi connectivity index (χ1v) is 19.6. The molecule has 1 unspecified atom stereocenters. The molecule has 0 spiro atoms. The van der Waals surface area contributed by atoms with Crippen LogP contribution in [0.1, 0.15) is 111 Å². The van der Waals surface area contributed by atoms with Gasteiger partial charge in [-0.3, -0.25) is 4.79 Å². The van der Waals surface area contributed by atoms with Gasteiger partial charge in [0, 0.05) is 0 Å². The fourth-order valence-electron chi connectivity index (χ4n) is 5.14. The number of halogens is 19. The zero-order valence-corrected chi connectivity index (χ0v) is 33.7. The number of thioether (sulfide) groups is 2. The van der Waals surface area contributed by atoms with E-state index in [1.165, 1.54) is 20.3 Å². The Morgan fingerprint density at radius 2 is 0.983 bits per heavy atom. The molecule has 0 aliphatic carbocycles. The third-order valence-corrected chi connectivity index (χ3v) is 11.4. The molecular weight excluding hydrogens is 900 g/mol. The number of esters is 1. The number of thiocarbonyl (C=S) groups is 1. The maximum Gasteiger partial charge on any atom is 0.460 e. The summed E-state index contributed by atoms with van der Waals surface area (Å²) in [6.45, 7) is 3.69. The van der Waals surface area contributed by atoms with Crippen molar-refractivity contribution >= 4 is 45.2 Å². The summed E-state index contributed by atoms with van der Waals surface area (Å²) in [4.78, 5) is 13.0. The first-order valence-electron chi connectivity index (χ1n) is 17.3. The molecule has 0 saturated carbocycles. The molecule has 1 atom stereocenters. The van der Waals surface area contributed by atoms with Crippen molar-refractivity contribution in [1.29, 1.82) is 5.26 Å². The summed E-state index contributed by atoms with van der Waals surface area (Å²) in [5.41, 5.74) is -1.41. The van der Waals surface area contributed by atoms with Crippen LogP contribution in [-0.4, -0.2) is 80.2 Å². The van der Waals surface area contributed by atoms with E-state index in [0.29, 0.717) is 23.9 Å². The maximum absolute atomic E-state index is 14.5.